The van der Waals surface area contributed by atoms with Crippen LogP contribution >= 0.6 is 0 Å². The number of ether oxygens (including phenoxy) is 1. The monoisotopic (exact) mass is 292 g/mol. The van der Waals surface area contributed by atoms with E-state index in [1.54, 1.807) is 13.0 Å². The van der Waals surface area contributed by atoms with E-state index in [0.29, 0.717) is 29.3 Å². The normalized spacial score (nSPS) is 11.0. The number of hydrogen-bond acceptors (Lipinski definition) is 3. The van der Waals surface area contributed by atoms with Gasteiger partial charge < -0.3 is 10.1 Å². The second-order valence-corrected chi connectivity index (χ2v) is 5.17. The van der Waals surface area contributed by atoms with Crippen LogP contribution < -0.4 is 10.1 Å². The van der Waals surface area contributed by atoms with E-state index in [1.807, 2.05) is 13.8 Å². The number of nitrogens with one attached hydrogen (secondary N) is 1. The highest BCUT2D eigenvalue weighted by atomic mass is 19.1. The van der Waals surface area contributed by atoms with Gasteiger partial charge >= 0.3 is 0 Å². The molecule has 1 aromatic carbocycles. The van der Waals surface area contributed by atoms with Crippen LogP contribution in [0.3, 0.4) is 0 Å². The van der Waals surface area contributed by atoms with Crippen molar-refractivity contribution in [2.75, 3.05) is 0 Å². The number of hydrogen-bond donors (Lipinski definition) is 1. The maximum atomic E-state index is 13.3. The molecule has 0 bridgehead atoms. The molecule has 0 saturated heterocycles. The largest absolute Gasteiger partial charge is 0.439 e. The minimum absolute atomic E-state index is 0.259. The summed E-state index contributed by atoms with van der Waals surface area (Å²) < 4.78 is 32.2. The van der Waals surface area contributed by atoms with Crippen molar-refractivity contribution < 1.29 is 13.5 Å². The molecule has 0 atom stereocenters. The lowest BCUT2D eigenvalue weighted by Gasteiger charge is -2.13. The zero-order chi connectivity index (χ0) is 15.4. The number of nitrogens with zero attached hydrogens (tertiary/aromatic N) is 1. The first-order chi connectivity index (χ1) is 9.95. The SMILES string of the molecule is Cc1cc(Oc2ncc(F)cc2CNC(C)C)ccc1F. The zero-order valence-corrected chi connectivity index (χ0v) is 12.3. The number of aromatic nitrogens is 1. The van der Waals surface area contributed by atoms with Crippen molar-refractivity contribution in [1.82, 2.24) is 10.3 Å². The first-order valence-corrected chi connectivity index (χ1v) is 6.77. The molecule has 1 N–H and O–H groups in total. The maximum Gasteiger partial charge on any atom is 0.223 e. The van der Waals surface area contributed by atoms with E-state index >= 15 is 0 Å². The van der Waals surface area contributed by atoms with Gasteiger partial charge in [0.05, 0.1) is 6.20 Å². The molecule has 0 amide bonds. The molecule has 5 heteroatoms. The second kappa shape index (κ2) is 6.63. The Bertz CT molecular complexity index is 630. The summed E-state index contributed by atoms with van der Waals surface area (Å²) >= 11 is 0. The van der Waals surface area contributed by atoms with E-state index in [2.05, 4.69) is 10.3 Å². The lowest BCUT2D eigenvalue weighted by atomic mass is 10.2. The van der Waals surface area contributed by atoms with Crippen LogP contribution in [0.15, 0.2) is 30.5 Å². The average molecular weight is 292 g/mol. The molecule has 112 valence electrons. The predicted octanol–water partition coefficient (Wildman–Crippen LogP) is 3.96. The number of pyridine rings is 1. The van der Waals surface area contributed by atoms with Gasteiger partial charge in [-0.15, -0.1) is 0 Å². The van der Waals surface area contributed by atoms with Gasteiger partial charge in [0.15, 0.2) is 0 Å². The number of rotatable bonds is 5. The summed E-state index contributed by atoms with van der Waals surface area (Å²) in [5.74, 6) is 0.0728. The fourth-order valence-electron chi connectivity index (χ4n) is 1.79. The lowest BCUT2D eigenvalue weighted by molar-refractivity contribution is 0.444. The van der Waals surface area contributed by atoms with Crippen molar-refractivity contribution in [1.29, 1.82) is 0 Å². The molecule has 21 heavy (non-hydrogen) atoms. The van der Waals surface area contributed by atoms with Gasteiger partial charge in [-0.3, -0.25) is 0 Å². The Balaban J connectivity index is 2.23. The molecule has 0 fully saturated rings. The highest BCUT2D eigenvalue weighted by molar-refractivity contribution is 5.35. The predicted molar refractivity (Wildman–Crippen MR) is 77.4 cm³/mol. The molecule has 0 unspecified atom stereocenters. The summed E-state index contributed by atoms with van der Waals surface area (Å²) in [5, 5.41) is 3.19. The Labute approximate surface area is 123 Å². The summed E-state index contributed by atoms with van der Waals surface area (Å²) in [7, 11) is 0. The first-order valence-electron chi connectivity index (χ1n) is 6.77. The summed E-state index contributed by atoms with van der Waals surface area (Å²) in [5.41, 5.74) is 1.10. The van der Waals surface area contributed by atoms with E-state index in [9.17, 15) is 8.78 Å². The van der Waals surface area contributed by atoms with E-state index in [4.69, 9.17) is 4.74 Å². The molecule has 1 aromatic heterocycles. The van der Waals surface area contributed by atoms with Crippen molar-refractivity contribution in [3.05, 3.63) is 53.2 Å². The molecule has 2 rings (SSSR count). The van der Waals surface area contributed by atoms with E-state index in [0.717, 1.165) is 6.20 Å². The van der Waals surface area contributed by atoms with Gasteiger partial charge in [0.1, 0.15) is 17.4 Å². The highest BCUT2D eigenvalue weighted by Gasteiger charge is 2.10. The molecular weight excluding hydrogens is 274 g/mol. The molecule has 0 radical (unpaired) electrons. The number of benzene rings is 1. The summed E-state index contributed by atoms with van der Waals surface area (Å²) in [4.78, 5) is 3.97. The summed E-state index contributed by atoms with van der Waals surface area (Å²) in [6, 6.07) is 6.08. The molecule has 0 saturated carbocycles. The topological polar surface area (TPSA) is 34.1 Å². The molecule has 3 nitrogen and oxygen atoms in total. The van der Waals surface area contributed by atoms with Crippen LogP contribution in [0.5, 0.6) is 11.6 Å². The van der Waals surface area contributed by atoms with Crippen molar-refractivity contribution in [2.24, 2.45) is 0 Å². The van der Waals surface area contributed by atoms with Crippen LogP contribution in [0.4, 0.5) is 8.78 Å². The van der Waals surface area contributed by atoms with Crippen LogP contribution in [0.25, 0.3) is 0 Å². The third kappa shape index (κ3) is 4.23. The Kier molecular flexibility index (Phi) is 4.85. The molecule has 0 aliphatic rings. The Hall–Kier alpha value is -2.01. The average Bonchev–Trinajstić information content (AvgIpc) is 2.43. The molecule has 1 heterocycles. The third-order valence-electron chi connectivity index (χ3n) is 2.94. The van der Waals surface area contributed by atoms with Gasteiger partial charge in [-0.25, -0.2) is 13.8 Å². The number of halogens is 2. The lowest BCUT2D eigenvalue weighted by Crippen LogP contribution is -2.22. The fraction of sp³-hybridized carbons (Fsp3) is 0.312. The van der Waals surface area contributed by atoms with Crippen molar-refractivity contribution in [3.8, 4) is 11.6 Å². The van der Waals surface area contributed by atoms with Gasteiger partial charge in [-0.05, 0) is 36.8 Å². The fourth-order valence-corrected chi connectivity index (χ4v) is 1.79. The highest BCUT2D eigenvalue weighted by Crippen LogP contribution is 2.25. The van der Waals surface area contributed by atoms with Crippen molar-refractivity contribution in [2.45, 2.75) is 33.4 Å². The third-order valence-corrected chi connectivity index (χ3v) is 2.94. The smallest absolute Gasteiger partial charge is 0.223 e. The summed E-state index contributed by atoms with van der Waals surface area (Å²) in [6.07, 6.45) is 1.10. The standard InChI is InChI=1S/C16H18F2N2O/c1-10(2)19-8-12-7-13(17)9-20-16(12)21-14-4-5-15(18)11(3)6-14/h4-7,9-10,19H,8H2,1-3H3. The minimum atomic E-state index is -0.418. The molecular formula is C16H18F2N2O. The van der Waals surface area contributed by atoms with E-state index < -0.39 is 5.82 Å². The van der Waals surface area contributed by atoms with Crippen LogP contribution in [0.1, 0.15) is 25.0 Å². The van der Waals surface area contributed by atoms with Crippen LogP contribution in [0.2, 0.25) is 0 Å². The summed E-state index contributed by atoms with van der Waals surface area (Å²) in [6.45, 7) is 6.09. The molecule has 2 aromatic rings. The quantitative estimate of drug-likeness (QED) is 0.905. The molecule has 0 spiro atoms. The van der Waals surface area contributed by atoms with E-state index in [1.165, 1.54) is 18.2 Å². The van der Waals surface area contributed by atoms with Gasteiger partial charge in [-0.1, -0.05) is 13.8 Å². The van der Waals surface area contributed by atoms with Crippen molar-refractivity contribution in [3.63, 3.8) is 0 Å². The zero-order valence-electron chi connectivity index (χ0n) is 12.3. The molecule has 0 aliphatic heterocycles. The Morgan fingerprint density at radius 2 is 2.00 bits per heavy atom. The Morgan fingerprint density at radius 3 is 2.67 bits per heavy atom. The van der Waals surface area contributed by atoms with Gasteiger partial charge in [0.25, 0.3) is 0 Å². The minimum Gasteiger partial charge on any atom is -0.439 e. The van der Waals surface area contributed by atoms with Crippen molar-refractivity contribution >= 4 is 0 Å². The van der Waals surface area contributed by atoms with Gasteiger partial charge in [-0.2, -0.15) is 0 Å². The molecule has 0 aliphatic carbocycles. The first kappa shape index (κ1) is 15.4. The Morgan fingerprint density at radius 1 is 1.24 bits per heavy atom. The maximum absolute atomic E-state index is 13.3. The van der Waals surface area contributed by atoms with Gasteiger partial charge in [0.2, 0.25) is 5.88 Å². The van der Waals surface area contributed by atoms with E-state index in [-0.39, 0.29) is 11.9 Å². The van der Waals surface area contributed by atoms with Crippen LogP contribution in [-0.2, 0) is 6.54 Å². The van der Waals surface area contributed by atoms with Crippen LogP contribution in [-0.4, -0.2) is 11.0 Å². The van der Waals surface area contributed by atoms with Crippen LogP contribution in [0, 0.1) is 18.6 Å². The second-order valence-electron chi connectivity index (χ2n) is 5.17. The van der Waals surface area contributed by atoms with Gasteiger partial charge in [0, 0.05) is 18.2 Å². The number of aryl methyl sites for hydroxylation is 1.